The zero-order valence-corrected chi connectivity index (χ0v) is 8.07. The summed E-state index contributed by atoms with van der Waals surface area (Å²) in [5, 5.41) is 3.35. The molecule has 2 heterocycles. The summed E-state index contributed by atoms with van der Waals surface area (Å²) in [5.41, 5.74) is 2.54. The number of hydrogen-bond donors (Lipinski definition) is 1. The van der Waals surface area contributed by atoms with Gasteiger partial charge in [-0.3, -0.25) is 4.98 Å². The number of nitrogens with zero attached hydrogens (tertiary/aromatic N) is 1. The minimum absolute atomic E-state index is 0.757. The summed E-state index contributed by atoms with van der Waals surface area (Å²) in [7, 11) is 0. The second-order valence-corrected chi connectivity index (χ2v) is 3.28. The van der Waals surface area contributed by atoms with Crippen LogP contribution in [0.2, 0.25) is 0 Å². The molecule has 2 rings (SSSR count). The zero-order valence-electron chi connectivity index (χ0n) is 8.07. The summed E-state index contributed by atoms with van der Waals surface area (Å²) in [5.74, 6) is 0. The lowest BCUT2D eigenvalue weighted by molar-refractivity contribution is 0.154. The van der Waals surface area contributed by atoms with Crippen molar-refractivity contribution in [1.29, 1.82) is 0 Å². The normalized spacial score (nSPS) is 16.1. The van der Waals surface area contributed by atoms with E-state index in [1.165, 1.54) is 5.57 Å². The van der Waals surface area contributed by atoms with Gasteiger partial charge in [-0.05, 0) is 18.6 Å². The number of ether oxygens (including phenoxy) is 1. The van der Waals surface area contributed by atoms with Crippen LogP contribution in [0.4, 0.5) is 5.69 Å². The van der Waals surface area contributed by atoms with Crippen LogP contribution in [0.3, 0.4) is 0 Å². The summed E-state index contributed by atoms with van der Waals surface area (Å²) < 4.78 is 5.24. The lowest BCUT2D eigenvalue weighted by Gasteiger charge is -2.14. The molecular formula is C11H14N2O. The predicted octanol–water partition coefficient (Wildman–Crippen LogP) is 1.84. The molecule has 0 radical (unpaired) electrons. The van der Waals surface area contributed by atoms with E-state index in [4.69, 9.17) is 4.74 Å². The first-order valence-electron chi connectivity index (χ1n) is 4.85. The number of anilines is 1. The van der Waals surface area contributed by atoms with E-state index in [0.29, 0.717) is 0 Å². The predicted molar refractivity (Wildman–Crippen MR) is 56.2 cm³/mol. The van der Waals surface area contributed by atoms with Crippen LogP contribution < -0.4 is 5.32 Å². The van der Waals surface area contributed by atoms with Gasteiger partial charge in [0.15, 0.2) is 0 Å². The molecule has 1 aromatic rings. The van der Waals surface area contributed by atoms with Gasteiger partial charge < -0.3 is 10.1 Å². The van der Waals surface area contributed by atoms with E-state index in [-0.39, 0.29) is 0 Å². The van der Waals surface area contributed by atoms with Gasteiger partial charge in [-0.15, -0.1) is 0 Å². The second-order valence-electron chi connectivity index (χ2n) is 3.28. The van der Waals surface area contributed by atoms with Crippen molar-refractivity contribution in [2.24, 2.45) is 0 Å². The van der Waals surface area contributed by atoms with E-state index < -0.39 is 0 Å². The molecule has 1 N–H and O–H groups in total. The molecule has 1 aliphatic heterocycles. The van der Waals surface area contributed by atoms with Crippen molar-refractivity contribution in [2.75, 3.05) is 25.1 Å². The third-order valence-electron chi connectivity index (χ3n) is 2.26. The number of pyridine rings is 1. The van der Waals surface area contributed by atoms with Crippen molar-refractivity contribution < 1.29 is 4.74 Å². The average molecular weight is 190 g/mol. The fourth-order valence-corrected chi connectivity index (χ4v) is 1.41. The summed E-state index contributed by atoms with van der Waals surface area (Å²) in [6, 6.07) is 3.94. The fourth-order valence-electron chi connectivity index (χ4n) is 1.41. The summed E-state index contributed by atoms with van der Waals surface area (Å²) >= 11 is 0. The molecule has 0 atom stereocenters. The van der Waals surface area contributed by atoms with Gasteiger partial charge in [0, 0.05) is 24.6 Å². The average Bonchev–Trinajstić information content (AvgIpc) is 2.29. The molecule has 1 aliphatic rings. The van der Waals surface area contributed by atoms with Crippen molar-refractivity contribution >= 4 is 5.69 Å². The van der Waals surface area contributed by atoms with Crippen LogP contribution in [0.25, 0.3) is 0 Å². The minimum Gasteiger partial charge on any atom is -0.381 e. The Labute approximate surface area is 83.8 Å². The van der Waals surface area contributed by atoms with E-state index >= 15 is 0 Å². The highest BCUT2D eigenvalue weighted by atomic mass is 16.5. The first-order valence-corrected chi connectivity index (χ1v) is 4.85. The molecule has 0 fully saturated rings. The molecule has 0 spiro atoms. The topological polar surface area (TPSA) is 34.2 Å². The zero-order chi connectivity index (χ0) is 9.64. The van der Waals surface area contributed by atoms with Crippen LogP contribution in [-0.4, -0.2) is 24.7 Å². The Hall–Kier alpha value is -1.35. The standard InChI is InChI=1S/C11H14N2O/c1-5-12-6-2-11(1)13-9-10-3-7-14-8-4-10/h1-3,5-6H,4,7-9H2,(H,12,13). The highest BCUT2D eigenvalue weighted by molar-refractivity contribution is 5.42. The Balaban J connectivity index is 1.85. The quantitative estimate of drug-likeness (QED) is 0.738. The molecule has 0 saturated heterocycles. The van der Waals surface area contributed by atoms with Gasteiger partial charge in [0.2, 0.25) is 0 Å². The largest absolute Gasteiger partial charge is 0.381 e. The Kier molecular flexibility index (Phi) is 3.14. The second kappa shape index (κ2) is 4.77. The van der Waals surface area contributed by atoms with Gasteiger partial charge in [-0.25, -0.2) is 0 Å². The maximum absolute atomic E-state index is 5.24. The lowest BCUT2D eigenvalue weighted by atomic mass is 10.1. The van der Waals surface area contributed by atoms with E-state index in [0.717, 1.165) is 31.9 Å². The summed E-state index contributed by atoms with van der Waals surface area (Å²) in [6.07, 6.45) is 6.77. The smallest absolute Gasteiger partial charge is 0.0650 e. The van der Waals surface area contributed by atoms with Crippen LogP contribution >= 0.6 is 0 Å². The monoisotopic (exact) mass is 190 g/mol. The van der Waals surface area contributed by atoms with E-state index in [1.54, 1.807) is 12.4 Å². The first kappa shape index (κ1) is 9.21. The fraction of sp³-hybridized carbons (Fsp3) is 0.364. The van der Waals surface area contributed by atoms with Crippen LogP contribution in [0.1, 0.15) is 6.42 Å². The van der Waals surface area contributed by atoms with Crippen molar-refractivity contribution in [1.82, 2.24) is 4.98 Å². The van der Waals surface area contributed by atoms with Crippen molar-refractivity contribution in [3.8, 4) is 0 Å². The lowest BCUT2D eigenvalue weighted by Crippen LogP contribution is -2.12. The van der Waals surface area contributed by atoms with E-state index in [9.17, 15) is 0 Å². The Bertz CT molecular complexity index is 308. The van der Waals surface area contributed by atoms with Gasteiger partial charge in [0.05, 0.1) is 13.2 Å². The van der Waals surface area contributed by atoms with Gasteiger partial charge in [0.1, 0.15) is 0 Å². The van der Waals surface area contributed by atoms with Crippen LogP contribution in [0.15, 0.2) is 36.2 Å². The number of hydrogen-bond acceptors (Lipinski definition) is 3. The van der Waals surface area contributed by atoms with Gasteiger partial charge in [-0.2, -0.15) is 0 Å². The summed E-state index contributed by atoms with van der Waals surface area (Å²) in [6.45, 7) is 2.52. The number of nitrogens with one attached hydrogen (secondary N) is 1. The molecule has 14 heavy (non-hydrogen) atoms. The van der Waals surface area contributed by atoms with Gasteiger partial charge in [-0.1, -0.05) is 11.6 Å². The van der Waals surface area contributed by atoms with Crippen LogP contribution in [0, 0.1) is 0 Å². The third-order valence-corrected chi connectivity index (χ3v) is 2.26. The van der Waals surface area contributed by atoms with Crippen molar-refractivity contribution in [3.63, 3.8) is 0 Å². The van der Waals surface area contributed by atoms with Crippen molar-refractivity contribution in [3.05, 3.63) is 36.2 Å². The Morgan fingerprint density at radius 2 is 2.21 bits per heavy atom. The SMILES string of the molecule is C1=C(CNc2ccncc2)CCOC1. The maximum atomic E-state index is 5.24. The molecule has 74 valence electrons. The highest BCUT2D eigenvalue weighted by Crippen LogP contribution is 2.10. The number of rotatable bonds is 3. The van der Waals surface area contributed by atoms with Crippen molar-refractivity contribution in [2.45, 2.75) is 6.42 Å². The molecule has 0 unspecified atom stereocenters. The van der Waals surface area contributed by atoms with Crippen LogP contribution in [-0.2, 0) is 4.74 Å². The van der Waals surface area contributed by atoms with E-state index in [2.05, 4.69) is 16.4 Å². The van der Waals surface area contributed by atoms with Crippen LogP contribution in [0.5, 0.6) is 0 Å². The molecular weight excluding hydrogens is 176 g/mol. The molecule has 0 aromatic carbocycles. The van der Waals surface area contributed by atoms with E-state index in [1.807, 2.05) is 12.1 Å². The Morgan fingerprint density at radius 1 is 1.36 bits per heavy atom. The number of aromatic nitrogens is 1. The molecule has 0 aliphatic carbocycles. The van der Waals surface area contributed by atoms with Gasteiger partial charge >= 0.3 is 0 Å². The molecule has 0 saturated carbocycles. The molecule has 3 heteroatoms. The molecule has 0 bridgehead atoms. The maximum Gasteiger partial charge on any atom is 0.0650 e. The molecule has 0 amide bonds. The molecule has 1 aromatic heterocycles. The third kappa shape index (κ3) is 2.57. The first-order chi connectivity index (χ1) is 6.95. The van der Waals surface area contributed by atoms with Gasteiger partial charge in [0.25, 0.3) is 0 Å². The summed E-state index contributed by atoms with van der Waals surface area (Å²) in [4.78, 5) is 3.97. The Morgan fingerprint density at radius 3 is 2.93 bits per heavy atom. The highest BCUT2D eigenvalue weighted by Gasteiger charge is 2.02. The minimum atomic E-state index is 0.757. The molecule has 3 nitrogen and oxygen atoms in total.